The lowest BCUT2D eigenvalue weighted by Crippen LogP contribution is -1.95. The van der Waals surface area contributed by atoms with E-state index in [1.165, 1.54) is 0 Å². The van der Waals surface area contributed by atoms with E-state index in [-0.39, 0.29) is 0 Å². The molecule has 0 saturated heterocycles. The summed E-state index contributed by atoms with van der Waals surface area (Å²) in [5.41, 5.74) is 5.88. The zero-order valence-electron chi connectivity index (χ0n) is 13.3. The molecule has 1 N–H and O–H groups in total. The van der Waals surface area contributed by atoms with E-state index in [1.54, 1.807) is 6.21 Å². The van der Waals surface area contributed by atoms with Crippen LogP contribution in [0.2, 0.25) is 10.0 Å². The number of hydrogen-bond acceptors (Lipinski definition) is 3. The molecule has 0 aliphatic heterocycles. The second kappa shape index (κ2) is 8.56. The van der Waals surface area contributed by atoms with Crippen LogP contribution in [0.1, 0.15) is 11.1 Å². The molecule has 25 heavy (non-hydrogen) atoms. The molecule has 126 valence electrons. The highest BCUT2D eigenvalue weighted by molar-refractivity contribution is 6.30. The maximum Gasteiger partial charge on any atom is 0.119 e. The van der Waals surface area contributed by atoms with E-state index in [1.807, 2.05) is 72.8 Å². The van der Waals surface area contributed by atoms with Gasteiger partial charge in [0.2, 0.25) is 0 Å². The number of hydrazone groups is 1. The normalized spacial score (nSPS) is 10.8. The first kappa shape index (κ1) is 17.3. The van der Waals surface area contributed by atoms with Gasteiger partial charge in [-0.25, -0.2) is 0 Å². The lowest BCUT2D eigenvalue weighted by Gasteiger charge is -2.06. The molecule has 0 aliphatic carbocycles. The third kappa shape index (κ3) is 5.52. The van der Waals surface area contributed by atoms with Gasteiger partial charge in [-0.15, -0.1) is 0 Å². The molecule has 0 fully saturated rings. The quantitative estimate of drug-likeness (QED) is 0.425. The van der Waals surface area contributed by atoms with Crippen molar-refractivity contribution in [1.82, 2.24) is 0 Å². The summed E-state index contributed by atoms with van der Waals surface area (Å²) in [5, 5.41) is 5.62. The summed E-state index contributed by atoms with van der Waals surface area (Å²) in [6, 6.07) is 22.7. The summed E-state index contributed by atoms with van der Waals surface area (Å²) in [4.78, 5) is 0. The van der Waals surface area contributed by atoms with E-state index < -0.39 is 0 Å². The van der Waals surface area contributed by atoms with Gasteiger partial charge in [-0.3, -0.25) is 5.43 Å². The van der Waals surface area contributed by atoms with Gasteiger partial charge in [-0.05, 0) is 71.8 Å². The SMILES string of the molecule is Clc1ccc(COc2ccc(C=NNc3ccc(Cl)cc3)cc2)cc1. The van der Waals surface area contributed by atoms with Crippen molar-refractivity contribution in [3.63, 3.8) is 0 Å². The Bertz CT molecular complexity index is 829. The monoisotopic (exact) mass is 370 g/mol. The van der Waals surface area contributed by atoms with Gasteiger partial charge in [0.25, 0.3) is 0 Å². The standard InChI is InChI=1S/C20H16Cl2N2O/c21-17-5-1-16(2-6-17)14-25-20-11-3-15(4-12-20)13-23-24-19-9-7-18(22)8-10-19/h1-13,24H,14H2. The Morgan fingerprint density at radius 1 is 0.800 bits per heavy atom. The van der Waals surface area contributed by atoms with Gasteiger partial charge in [-0.2, -0.15) is 5.10 Å². The van der Waals surface area contributed by atoms with E-state index >= 15 is 0 Å². The number of halogens is 2. The molecule has 0 atom stereocenters. The molecule has 0 amide bonds. The zero-order valence-corrected chi connectivity index (χ0v) is 14.8. The van der Waals surface area contributed by atoms with E-state index in [0.29, 0.717) is 11.6 Å². The zero-order chi connectivity index (χ0) is 17.5. The van der Waals surface area contributed by atoms with Crippen LogP contribution in [-0.2, 0) is 6.61 Å². The first-order chi connectivity index (χ1) is 12.2. The Balaban J connectivity index is 1.52. The Morgan fingerprint density at radius 2 is 1.40 bits per heavy atom. The number of hydrogen-bond donors (Lipinski definition) is 1. The van der Waals surface area contributed by atoms with E-state index in [0.717, 1.165) is 27.6 Å². The highest BCUT2D eigenvalue weighted by atomic mass is 35.5. The summed E-state index contributed by atoms with van der Waals surface area (Å²) >= 11 is 11.7. The van der Waals surface area contributed by atoms with Crippen LogP contribution in [-0.4, -0.2) is 6.21 Å². The summed E-state index contributed by atoms with van der Waals surface area (Å²) < 4.78 is 5.76. The molecule has 0 spiro atoms. The maximum absolute atomic E-state index is 5.87. The van der Waals surface area contributed by atoms with Crippen molar-refractivity contribution in [2.45, 2.75) is 6.61 Å². The molecule has 0 bridgehead atoms. The van der Waals surface area contributed by atoms with Crippen LogP contribution in [0.3, 0.4) is 0 Å². The fraction of sp³-hybridized carbons (Fsp3) is 0.0500. The van der Waals surface area contributed by atoms with Crippen molar-refractivity contribution in [3.8, 4) is 5.75 Å². The molecule has 0 radical (unpaired) electrons. The smallest absolute Gasteiger partial charge is 0.119 e. The van der Waals surface area contributed by atoms with Gasteiger partial charge in [0.15, 0.2) is 0 Å². The van der Waals surface area contributed by atoms with Crippen LogP contribution in [0.4, 0.5) is 5.69 Å². The minimum absolute atomic E-state index is 0.503. The van der Waals surface area contributed by atoms with Gasteiger partial charge >= 0.3 is 0 Å². The van der Waals surface area contributed by atoms with Gasteiger partial charge in [0, 0.05) is 10.0 Å². The average Bonchev–Trinajstić information content (AvgIpc) is 2.64. The van der Waals surface area contributed by atoms with Crippen molar-refractivity contribution < 1.29 is 4.74 Å². The van der Waals surface area contributed by atoms with Crippen molar-refractivity contribution in [2.75, 3.05) is 5.43 Å². The molecule has 0 heterocycles. The predicted octanol–water partition coefficient (Wildman–Crippen LogP) is 6.02. The van der Waals surface area contributed by atoms with Crippen molar-refractivity contribution >= 4 is 35.1 Å². The fourth-order valence-corrected chi connectivity index (χ4v) is 2.36. The Labute approximate surface area is 156 Å². The summed E-state index contributed by atoms with van der Waals surface area (Å²) in [6.45, 7) is 0.503. The van der Waals surface area contributed by atoms with Gasteiger partial charge in [0.05, 0.1) is 11.9 Å². The number of rotatable bonds is 6. The lowest BCUT2D eigenvalue weighted by atomic mass is 10.2. The number of benzene rings is 3. The Morgan fingerprint density at radius 3 is 2.04 bits per heavy atom. The van der Waals surface area contributed by atoms with Crippen LogP contribution in [0, 0.1) is 0 Å². The van der Waals surface area contributed by atoms with Crippen LogP contribution in [0.25, 0.3) is 0 Å². The van der Waals surface area contributed by atoms with Crippen LogP contribution < -0.4 is 10.2 Å². The Kier molecular flexibility index (Phi) is 5.94. The molecule has 0 aliphatic rings. The largest absolute Gasteiger partial charge is 0.489 e. The summed E-state index contributed by atoms with van der Waals surface area (Å²) in [6.07, 6.45) is 1.75. The lowest BCUT2D eigenvalue weighted by molar-refractivity contribution is 0.306. The number of nitrogens with zero attached hydrogens (tertiary/aromatic N) is 1. The van der Waals surface area contributed by atoms with Gasteiger partial charge in [0.1, 0.15) is 12.4 Å². The molecule has 0 unspecified atom stereocenters. The van der Waals surface area contributed by atoms with Crippen LogP contribution >= 0.6 is 23.2 Å². The predicted molar refractivity (Wildman–Crippen MR) is 105 cm³/mol. The Hall–Kier alpha value is -2.49. The second-order valence-electron chi connectivity index (χ2n) is 5.36. The molecule has 3 aromatic carbocycles. The first-order valence-corrected chi connectivity index (χ1v) is 8.46. The second-order valence-corrected chi connectivity index (χ2v) is 6.23. The fourth-order valence-electron chi connectivity index (χ4n) is 2.10. The molecule has 3 aromatic rings. The topological polar surface area (TPSA) is 33.6 Å². The first-order valence-electron chi connectivity index (χ1n) is 7.71. The molecular formula is C20H16Cl2N2O. The summed E-state index contributed by atoms with van der Waals surface area (Å²) in [5.74, 6) is 0.803. The molecule has 5 heteroatoms. The number of nitrogens with one attached hydrogen (secondary N) is 1. The highest BCUT2D eigenvalue weighted by Gasteiger charge is 1.97. The third-order valence-electron chi connectivity index (χ3n) is 3.45. The van der Waals surface area contributed by atoms with E-state index in [4.69, 9.17) is 27.9 Å². The summed E-state index contributed by atoms with van der Waals surface area (Å²) in [7, 11) is 0. The molecule has 0 saturated carbocycles. The van der Waals surface area contributed by atoms with Crippen molar-refractivity contribution in [3.05, 3.63) is 94.0 Å². The van der Waals surface area contributed by atoms with Gasteiger partial charge < -0.3 is 4.74 Å². The third-order valence-corrected chi connectivity index (χ3v) is 3.95. The van der Waals surface area contributed by atoms with E-state index in [2.05, 4.69) is 10.5 Å². The number of anilines is 1. The molecule has 3 rings (SSSR count). The number of ether oxygens (including phenoxy) is 1. The minimum atomic E-state index is 0.503. The van der Waals surface area contributed by atoms with Crippen molar-refractivity contribution in [1.29, 1.82) is 0 Å². The van der Waals surface area contributed by atoms with Gasteiger partial charge in [-0.1, -0.05) is 35.3 Å². The average molecular weight is 371 g/mol. The van der Waals surface area contributed by atoms with Crippen LogP contribution in [0.5, 0.6) is 5.75 Å². The van der Waals surface area contributed by atoms with Crippen LogP contribution in [0.15, 0.2) is 77.9 Å². The molecule has 0 aromatic heterocycles. The highest BCUT2D eigenvalue weighted by Crippen LogP contribution is 2.16. The van der Waals surface area contributed by atoms with Crippen molar-refractivity contribution in [2.24, 2.45) is 5.10 Å². The molecular weight excluding hydrogens is 355 g/mol. The maximum atomic E-state index is 5.87. The molecule has 3 nitrogen and oxygen atoms in total. The van der Waals surface area contributed by atoms with E-state index in [9.17, 15) is 0 Å². The minimum Gasteiger partial charge on any atom is -0.489 e.